The van der Waals surface area contributed by atoms with Crippen molar-refractivity contribution >= 4 is 74.7 Å². The van der Waals surface area contributed by atoms with Gasteiger partial charge in [0.15, 0.2) is 20.8 Å². The van der Waals surface area contributed by atoms with Gasteiger partial charge in [-0.25, -0.2) is 18.0 Å². The zero-order valence-electron chi connectivity index (χ0n) is 32.7. The third-order valence-corrected chi connectivity index (χ3v) is 8.53. The highest BCUT2D eigenvalue weighted by atomic mass is 35.5. The molecule has 0 bridgehead atoms. The molecule has 0 fully saturated rings. The molecule has 310 valence electrons. The molecule has 20 heteroatoms. The number of carbonyl (C=O) groups is 6. The van der Waals surface area contributed by atoms with Crippen LogP contribution in [0.3, 0.4) is 0 Å². The Hall–Kier alpha value is -4.16. The van der Waals surface area contributed by atoms with Crippen LogP contribution in [0.25, 0.3) is 0 Å². The quantitative estimate of drug-likeness (QED) is 0.0718. The lowest BCUT2D eigenvalue weighted by Gasteiger charge is -2.28. The van der Waals surface area contributed by atoms with Gasteiger partial charge in [0.2, 0.25) is 5.91 Å². The average molecular weight is 839 g/mol. The summed E-state index contributed by atoms with van der Waals surface area (Å²) in [5.74, 6) is -3.15. The third-order valence-electron chi connectivity index (χ3n) is 7.00. The number of aliphatic imine (C=N–C) groups is 1. The van der Waals surface area contributed by atoms with Crippen molar-refractivity contribution in [3.63, 3.8) is 0 Å². The number of hydrogen-bond acceptors (Lipinski definition) is 13. The van der Waals surface area contributed by atoms with E-state index >= 15 is 0 Å². The van der Waals surface area contributed by atoms with Crippen LogP contribution < -0.4 is 21.3 Å². The molecule has 4 amide bonds. The first-order chi connectivity index (χ1) is 25.2. The van der Waals surface area contributed by atoms with Crippen molar-refractivity contribution in [2.45, 2.75) is 120 Å². The Morgan fingerprint density at radius 3 is 1.80 bits per heavy atom. The number of hydrogen-bond donors (Lipinski definition) is 4. The van der Waals surface area contributed by atoms with E-state index in [1.165, 1.54) is 31.2 Å². The number of alkyl halides is 2. The van der Waals surface area contributed by atoms with Crippen LogP contribution in [0.5, 0.6) is 0 Å². The number of carbonyl (C=O) groups excluding carboxylic acids is 6. The molecule has 4 atom stereocenters. The van der Waals surface area contributed by atoms with Crippen molar-refractivity contribution in [2.75, 3.05) is 26.0 Å². The number of sulfone groups is 1. The molecule has 0 radical (unpaired) electrons. The average Bonchev–Trinajstić information content (AvgIpc) is 3.03. The van der Waals surface area contributed by atoms with Gasteiger partial charge in [0.25, 0.3) is 5.91 Å². The highest BCUT2D eigenvalue weighted by Gasteiger charge is 2.32. The minimum Gasteiger partial charge on any atom is -0.463 e. The summed E-state index contributed by atoms with van der Waals surface area (Å²) in [6.07, 6.45) is -2.41. The van der Waals surface area contributed by atoms with Crippen LogP contribution in [0.15, 0.2) is 34.2 Å². The summed E-state index contributed by atoms with van der Waals surface area (Å²) < 4.78 is 45.7. The highest BCUT2D eigenvalue weighted by molar-refractivity contribution is 7.90. The van der Waals surface area contributed by atoms with Gasteiger partial charge in [-0.05, 0) is 80.0 Å². The van der Waals surface area contributed by atoms with Gasteiger partial charge in [-0.3, -0.25) is 24.2 Å². The molecule has 2 unspecified atom stereocenters. The normalized spacial score (nSPS) is 14.4. The van der Waals surface area contributed by atoms with E-state index in [0.717, 1.165) is 6.26 Å². The molecule has 0 heterocycles. The second kappa shape index (κ2) is 21.8. The number of nitrogens with zero attached hydrogens (tertiary/aromatic N) is 1. The number of halogens is 2. The molecule has 0 aliphatic carbocycles. The Labute approximate surface area is 332 Å². The Balaban J connectivity index is 3.13. The zero-order valence-corrected chi connectivity index (χ0v) is 35.1. The van der Waals surface area contributed by atoms with E-state index in [1.54, 1.807) is 55.4 Å². The van der Waals surface area contributed by atoms with Crippen molar-refractivity contribution in [3.8, 4) is 0 Å². The number of amides is 4. The van der Waals surface area contributed by atoms with E-state index in [0.29, 0.717) is 5.71 Å². The lowest BCUT2D eigenvalue weighted by molar-refractivity contribution is -0.155. The first-order valence-corrected chi connectivity index (χ1v) is 20.0. The minimum atomic E-state index is -3.61. The summed E-state index contributed by atoms with van der Waals surface area (Å²) in [5.41, 5.74) is -0.769. The molecule has 0 saturated heterocycles. The third kappa shape index (κ3) is 20.4. The number of benzene rings is 1. The van der Waals surface area contributed by atoms with Crippen molar-refractivity contribution in [1.29, 1.82) is 0 Å². The summed E-state index contributed by atoms with van der Waals surface area (Å²) in [6.45, 7) is 14.1. The number of nitrogens with one attached hydrogen (secondary N) is 4. The largest absolute Gasteiger partial charge is 0.463 e. The monoisotopic (exact) mass is 837 g/mol. The lowest BCUT2D eigenvalue weighted by Crippen LogP contribution is -2.47. The Bertz CT molecular complexity index is 1640. The number of ether oxygens (including phenoxy) is 4. The fraction of sp³-hybridized carbons (Fsp3) is 0.629. The second-order valence-corrected chi connectivity index (χ2v) is 17.5. The Kier molecular flexibility index (Phi) is 19.4. The molecular weight excluding hydrogens is 785 g/mol. The molecule has 4 N–H and O–H groups in total. The Morgan fingerprint density at radius 1 is 0.782 bits per heavy atom. The van der Waals surface area contributed by atoms with E-state index in [-0.39, 0.29) is 36.4 Å². The van der Waals surface area contributed by atoms with Crippen LogP contribution >= 0.6 is 23.2 Å². The summed E-state index contributed by atoms with van der Waals surface area (Å²) in [7, 11) is -3.61. The molecule has 55 heavy (non-hydrogen) atoms. The molecule has 0 aliphatic heterocycles. The van der Waals surface area contributed by atoms with Gasteiger partial charge in [0.1, 0.15) is 29.9 Å². The van der Waals surface area contributed by atoms with Crippen molar-refractivity contribution in [1.82, 2.24) is 21.3 Å². The predicted molar refractivity (Wildman–Crippen MR) is 205 cm³/mol. The second-order valence-electron chi connectivity index (χ2n) is 14.4. The van der Waals surface area contributed by atoms with E-state index in [9.17, 15) is 37.2 Å². The van der Waals surface area contributed by atoms with Gasteiger partial charge < -0.3 is 40.2 Å². The molecule has 0 spiro atoms. The highest BCUT2D eigenvalue weighted by Crippen LogP contribution is 2.25. The molecule has 1 aromatic rings. The summed E-state index contributed by atoms with van der Waals surface area (Å²) >= 11 is 11.6. The number of alkyl carbamates (subject to hydrolysis) is 2. The van der Waals surface area contributed by atoms with Gasteiger partial charge in [0.05, 0.1) is 23.8 Å². The number of esters is 2. The first kappa shape index (κ1) is 48.9. The summed E-state index contributed by atoms with van der Waals surface area (Å²) in [5, 5.41) is 10.0. The Morgan fingerprint density at radius 2 is 1.31 bits per heavy atom. The molecule has 1 rings (SSSR count). The van der Waals surface area contributed by atoms with Crippen LogP contribution in [0, 0.1) is 0 Å². The van der Waals surface area contributed by atoms with Crippen LogP contribution in [0.1, 0.15) is 86.8 Å². The smallest absolute Gasteiger partial charge is 0.408 e. The van der Waals surface area contributed by atoms with Gasteiger partial charge in [0, 0.05) is 25.1 Å². The van der Waals surface area contributed by atoms with Crippen LogP contribution in [-0.2, 0) is 48.0 Å². The molecule has 17 nitrogen and oxygen atoms in total. The maximum atomic E-state index is 13.1. The summed E-state index contributed by atoms with van der Waals surface area (Å²) in [4.78, 5) is 77.9. The lowest BCUT2D eigenvalue weighted by atomic mass is 10.0. The van der Waals surface area contributed by atoms with E-state index in [2.05, 4.69) is 26.3 Å². The van der Waals surface area contributed by atoms with Gasteiger partial charge in [-0.1, -0.05) is 35.3 Å². The first-order valence-electron chi connectivity index (χ1n) is 17.2. The van der Waals surface area contributed by atoms with Crippen molar-refractivity contribution < 1.29 is 56.1 Å². The van der Waals surface area contributed by atoms with E-state index in [1.807, 2.05) is 0 Å². The topological polar surface area (TPSA) is 234 Å². The maximum absolute atomic E-state index is 13.1. The summed E-state index contributed by atoms with van der Waals surface area (Å²) in [6, 6.07) is 2.43. The number of rotatable bonds is 18. The minimum absolute atomic E-state index is 0.0174. The van der Waals surface area contributed by atoms with Crippen LogP contribution in [0.4, 0.5) is 9.59 Å². The fourth-order valence-electron chi connectivity index (χ4n) is 4.23. The molecular formula is C35H53Cl2N5O12S. The van der Waals surface area contributed by atoms with Crippen molar-refractivity contribution in [2.24, 2.45) is 4.99 Å². The van der Waals surface area contributed by atoms with E-state index < -0.39 is 92.7 Å². The van der Waals surface area contributed by atoms with Crippen molar-refractivity contribution in [3.05, 3.63) is 29.8 Å². The SMILES string of the molecule is CC(=NCCC(=O)OC[C@@H](NC(=O)C(Cl)Cl)[C@H](OC(=O)CCNC(=O)C(C)NC(=O)OC(C)(C)C)c1ccc(S(C)(=O)=O)cc1)C(C)NC(=O)OC(C)(C)C. The maximum Gasteiger partial charge on any atom is 0.408 e. The van der Waals surface area contributed by atoms with E-state index in [4.69, 9.17) is 42.1 Å². The fourth-order valence-corrected chi connectivity index (χ4v) is 4.99. The van der Waals surface area contributed by atoms with Gasteiger partial charge in [-0.15, -0.1) is 0 Å². The molecule has 0 aliphatic rings. The molecule has 0 saturated carbocycles. The molecule has 1 aromatic carbocycles. The predicted octanol–water partition coefficient (Wildman–Crippen LogP) is 3.69. The van der Waals surface area contributed by atoms with Gasteiger partial charge in [-0.2, -0.15) is 0 Å². The molecule has 0 aromatic heterocycles. The van der Waals surface area contributed by atoms with Crippen LogP contribution in [0.2, 0.25) is 0 Å². The zero-order chi connectivity index (χ0) is 42.3. The standard InChI is InChI=1S/C35H53Cl2N5O12S/c1-20(21(2)40-32(47)53-34(4,5)6)38-17-15-26(43)51-19-25(42-31(46)29(36)37)28(23-11-13-24(14-12-23)55(10,49)50)52-27(44)16-18-39-30(45)22(3)41-33(48)54-35(7,8)9/h11-14,21-22,25,28-29H,15-19H2,1-10H3,(H,39,45)(H,40,47)(H,41,48)(H,42,46)/t21?,22?,25-,28-/m1/s1. The van der Waals surface area contributed by atoms with Crippen LogP contribution in [-0.4, -0.2) is 110 Å². The van der Waals surface area contributed by atoms with Gasteiger partial charge >= 0.3 is 24.1 Å².